The quantitative estimate of drug-likeness (QED) is 0.286. The number of amidine groups is 1. The molecule has 0 radical (unpaired) electrons. The third-order valence-electron chi connectivity index (χ3n) is 4.92. The molecule has 9 nitrogen and oxygen atoms in total. The molecule has 0 bridgehead atoms. The van der Waals surface area contributed by atoms with Gasteiger partial charge in [0.15, 0.2) is 5.82 Å². The Hall–Kier alpha value is -3.17. The number of pyridine rings is 1. The van der Waals surface area contributed by atoms with Gasteiger partial charge in [-0.2, -0.15) is 5.12 Å². The summed E-state index contributed by atoms with van der Waals surface area (Å²) >= 11 is 6.03. The Morgan fingerprint density at radius 1 is 1.28 bits per heavy atom. The van der Waals surface area contributed by atoms with Gasteiger partial charge in [-0.15, -0.1) is 15.3 Å². The van der Waals surface area contributed by atoms with Crippen molar-refractivity contribution >= 4 is 29.1 Å². The third-order valence-corrected chi connectivity index (χ3v) is 5.15. The van der Waals surface area contributed by atoms with E-state index in [-0.39, 0.29) is 6.04 Å². The Labute approximate surface area is 173 Å². The van der Waals surface area contributed by atoms with Crippen molar-refractivity contribution in [2.24, 2.45) is 23.7 Å². The maximum atomic E-state index is 6.34. The van der Waals surface area contributed by atoms with Gasteiger partial charge in [-0.05, 0) is 43.2 Å². The topological polar surface area (TPSA) is 114 Å². The fourth-order valence-electron chi connectivity index (χ4n) is 3.50. The number of nitrogens with zero attached hydrogens (tertiary/aromatic N) is 7. The van der Waals surface area contributed by atoms with Gasteiger partial charge in [0.2, 0.25) is 5.95 Å². The van der Waals surface area contributed by atoms with E-state index in [9.17, 15) is 0 Å². The molecular weight excluding hydrogens is 390 g/mol. The molecule has 1 aliphatic heterocycles. The van der Waals surface area contributed by atoms with Gasteiger partial charge in [-0.1, -0.05) is 17.7 Å². The van der Waals surface area contributed by atoms with Crippen LogP contribution in [-0.4, -0.2) is 38.2 Å². The molecule has 10 heteroatoms. The first-order valence-electron chi connectivity index (χ1n) is 9.25. The van der Waals surface area contributed by atoms with Crippen LogP contribution in [0.2, 0.25) is 5.02 Å². The summed E-state index contributed by atoms with van der Waals surface area (Å²) in [6, 6.07) is 10.8. The first-order chi connectivity index (χ1) is 14.0. The molecule has 3 heterocycles. The van der Waals surface area contributed by atoms with E-state index in [4.69, 9.17) is 23.2 Å². The van der Waals surface area contributed by atoms with Crippen molar-refractivity contribution in [1.29, 1.82) is 0 Å². The number of hydrazine groups is 1. The Balaban J connectivity index is 1.59. The predicted molar refractivity (Wildman–Crippen MR) is 114 cm³/mol. The van der Waals surface area contributed by atoms with Gasteiger partial charge in [0.05, 0.1) is 11.7 Å². The molecule has 3 aromatic rings. The van der Waals surface area contributed by atoms with Gasteiger partial charge in [-0.3, -0.25) is 9.55 Å². The highest BCUT2D eigenvalue weighted by Gasteiger charge is 2.32. The van der Waals surface area contributed by atoms with Gasteiger partial charge >= 0.3 is 0 Å². The molecular formula is C19H22ClN9. The fraction of sp³-hybridized carbons (Fsp3) is 0.263. The summed E-state index contributed by atoms with van der Waals surface area (Å²) in [5.74, 6) is 7.96. The van der Waals surface area contributed by atoms with Crippen LogP contribution < -0.4 is 21.6 Å². The SMILES string of the molecule is Cn1c(-c2cccnc2)nnc1N1CCC[C@@H]1/C(N)=N/N(N)c1cccc(Cl)c1. The number of rotatable bonds is 5. The minimum absolute atomic E-state index is 0.120. The Morgan fingerprint density at radius 3 is 2.90 bits per heavy atom. The largest absolute Gasteiger partial charge is 0.384 e. The van der Waals surface area contributed by atoms with Crippen molar-refractivity contribution < 1.29 is 0 Å². The van der Waals surface area contributed by atoms with Gasteiger partial charge in [-0.25, -0.2) is 5.84 Å². The lowest BCUT2D eigenvalue weighted by Gasteiger charge is -2.25. The van der Waals surface area contributed by atoms with E-state index < -0.39 is 0 Å². The van der Waals surface area contributed by atoms with E-state index in [1.54, 1.807) is 24.5 Å². The first-order valence-corrected chi connectivity index (χ1v) is 9.63. The average molecular weight is 412 g/mol. The van der Waals surface area contributed by atoms with E-state index in [0.717, 1.165) is 36.7 Å². The number of halogens is 1. The van der Waals surface area contributed by atoms with Gasteiger partial charge < -0.3 is 10.6 Å². The summed E-state index contributed by atoms with van der Waals surface area (Å²) in [6.07, 6.45) is 5.32. The van der Waals surface area contributed by atoms with Crippen molar-refractivity contribution in [2.75, 3.05) is 16.6 Å². The summed E-state index contributed by atoms with van der Waals surface area (Å²) in [6.45, 7) is 0.807. The van der Waals surface area contributed by atoms with Crippen LogP contribution in [0.5, 0.6) is 0 Å². The first kappa shape index (κ1) is 19.2. The van der Waals surface area contributed by atoms with Crippen LogP contribution in [-0.2, 0) is 7.05 Å². The Kier molecular flexibility index (Phi) is 5.32. The zero-order valence-corrected chi connectivity index (χ0v) is 16.7. The smallest absolute Gasteiger partial charge is 0.227 e. The number of hydrazone groups is 1. The lowest BCUT2D eigenvalue weighted by molar-refractivity contribution is 0.763. The molecule has 4 rings (SSSR count). The molecule has 0 spiro atoms. The molecule has 1 fully saturated rings. The normalized spacial score (nSPS) is 17.0. The Morgan fingerprint density at radius 2 is 2.14 bits per heavy atom. The maximum absolute atomic E-state index is 6.34. The van der Waals surface area contributed by atoms with E-state index in [0.29, 0.717) is 16.5 Å². The second-order valence-corrected chi connectivity index (χ2v) is 7.26. The molecule has 1 saturated heterocycles. The third kappa shape index (κ3) is 3.87. The summed E-state index contributed by atoms with van der Waals surface area (Å²) in [4.78, 5) is 6.27. The number of benzene rings is 1. The lowest BCUT2D eigenvalue weighted by atomic mass is 10.2. The van der Waals surface area contributed by atoms with Crippen LogP contribution in [0, 0.1) is 0 Å². The maximum Gasteiger partial charge on any atom is 0.227 e. The lowest BCUT2D eigenvalue weighted by Crippen LogP contribution is -2.44. The number of aromatic nitrogens is 4. The molecule has 0 amide bonds. The van der Waals surface area contributed by atoms with E-state index >= 15 is 0 Å². The number of hydrogen-bond donors (Lipinski definition) is 2. The summed E-state index contributed by atoms with van der Waals surface area (Å²) in [7, 11) is 1.93. The van der Waals surface area contributed by atoms with Gasteiger partial charge in [0.25, 0.3) is 0 Å². The van der Waals surface area contributed by atoms with Crippen LogP contribution in [0.3, 0.4) is 0 Å². The number of nitrogens with two attached hydrogens (primary N) is 2. The highest BCUT2D eigenvalue weighted by Crippen LogP contribution is 2.27. The van der Waals surface area contributed by atoms with Crippen molar-refractivity contribution in [3.63, 3.8) is 0 Å². The molecule has 4 N–H and O–H groups in total. The second kappa shape index (κ2) is 8.06. The number of anilines is 2. The molecule has 150 valence electrons. The number of hydrogen-bond acceptors (Lipinski definition) is 7. The molecule has 0 aliphatic carbocycles. The molecule has 1 atom stereocenters. The molecule has 1 aliphatic rings. The molecule has 0 unspecified atom stereocenters. The molecule has 0 saturated carbocycles. The second-order valence-electron chi connectivity index (χ2n) is 6.83. The monoisotopic (exact) mass is 411 g/mol. The van der Waals surface area contributed by atoms with Crippen molar-refractivity contribution in [2.45, 2.75) is 18.9 Å². The van der Waals surface area contributed by atoms with Gasteiger partial charge in [0.1, 0.15) is 5.84 Å². The van der Waals surface area contributed by atoms with Crippen LogP contribution >= 0.6 is 11.6 Å². The minimum atomic E-state index is -0.120. The highest BCUT2D eigenvalue weighted by molar-refractivity contribution is 6.30. The summed E-state index contributed by atoms with van der Waals surface area (Å²) in [5, 5.41) is 14.9. The highest BCUT2D eigenvalue weighted by atomic mass is 35.5. The fourth-order valence-corrected chi connectivity index (χ4v) is 3.68. The zero-order valence-electron chi connectivity index (χ0n) is 16.0. The van der Waals surface area contributed by atoms with E-state index in [1.807, 2.05) is 35.9 Å². The molecule has 2 aromatic heterocycles. The van der Waals surface area contributed by atoms with Crippen molar-refractivity contribution in [3.05, 3.63) is 53.8 Å². The summed E-state index contributed by atoms with van der Waals surface area (Å²) in [5.41, 5.74) is 7.90. The zero-order chi connectivity index (χ0) is 20.4. The van der Waals surface area contributed by atoms with E-state index in [2.05, 4.69) is 25.2 Å². The standard InChI is InChI=1S/C19H22ClN9/c1-27-18(13-5-3-9-23-12-13)24-25-19(27)28-10-4-8-16(28)17(21)26-29(22)15-7-2-6-14(20)11-15/h2-3,5-7,9,11-12,16H,4,8,10,22H2,1H3,(H2,21,26)/t16-/m1/s1. The van der Waals surface area contributed by atoms with Crippen molar-refractivity contribution in [3.8, 4) is 11.4 Å². The Bertz CT molecular complexity index is 1020. The van der Waals surface area contributed by atoms with Crippen molar-refractivity contribution in [1.82, 2.24) is 19.7 Å². The minimum Gasteiger partial charge on any atom is -0.384 e. The summed E-state index contributed by atoms with van der Waals surface area (Å²) < 4.78 is 1.94. The van der Waals surface area contributed by atoms with Crippen LogP contribution in [0.25, 0.3) is 11.4 Å². The van der Waals surface area contributed by atoms with Gasteiger partial charge in [0, 0.05) is 36.6 Å². The van der Waals surface area contributed by atoms with Crippen LogP contribution in [0.15, 0.2) is 53.9 Å². The molecule has 1 aromatic carbocycles. The van der Waals surface area contributed by atoms with Crippen LogP contribution in [0.4, 0.5) is 11.6 Å². The molecule has 29 heavy (non-hydrogen) atoms. The predicted octanol–water partition coefficient (Wildman–Crippen LogP) is 2.15. The van der Waals surface area contributed by atoms with E-state index in [1.165, 1.54) is 5.12 Å². The van der Waals surface area contributed by atoms with Crippen LogP contribution in [0.1, 0.15) is 12.8 Å². The average Bonchev–Trinajstić information content (AvgIpc) is 3.35.